The van der Waals surface area contributed by atoms with Crippen LogP contribution in [0, 0.1) is 0 Å². The minimum absolute atomic E-state index is 0.123. The molecule has 1 unspecified atom stereocenters. The molecule has 0 aliphatic carbocycles. The quantitative estimate of drug-likeness (QED) is 0.782. The number of para-hydroxylation sites is 1. The average molecular weight is 225 g/mol. The Kier molecular flexibility index (Phi) is 4.43. The van der Waals surface area contributed by atoms with Crippen LogP contribution in [0.2, 0.25) is 0 Å². The van der Waals surface area contributed by atoms with Crippen molar-refractivity contribution in [3.8, 4) is 5.75 Å². The smallest absolute Gasteiger partial charge is 0.167 e. The Morgan fingerprint density at radius 1 is 1.56 bits per heavy atom. The lowest BCUT2D eigenvalue weighted by atomic mass is 10.0. The van der Waals surface area contributed by atoms with Gasteiger partial charge in [-0.25, -0.2) is 4.39 Å². The van der Waals surface area contributed by atoms with Gasteiger partial charge in [0, 0.05) is 12.0 Å². The number of carbonyl (C=O) groups is 1. The Balaban J connectivity index is 3.18. The molecule has 0 aliphatic rings. The van der Waals surface area contributed by atoms with Crippen LogP contribution in [0.15, 0.2) is 18.2 Å². The van der Waals surface area contributed by atoms with Crippen LogP contribution in [0.4, 0.5) is 4.39 Å². The summed E-state index contributed by atoms with van der Waals surface area (Å²) in [5.74, 6) is 0.192. The van der Waals surface area contributed by atoms with Gasteiger partial charge < -0.3 is 10.5 Å². The highest BCUT2D eigenvalue weighted by molar-refractivity contribution is 5.99. The summed E-state index contributed by atoms with van der Waals surface area (Å²) in [5.41, 5.74) is 6.11. The average Bonchev–Trinajstić information content (AvgIpc) is 2.28. The lowest BCUT2D eigenvalue weighted by Gasteiger charge is -2.13. The van der Waals surface area contributed by atoms with E-state index in [0.29, 0.717) is 16.9 Å². The molecule has 88 valence electrons. The van der Waals surface area contributed by atoms with Crippen molar-refractivity contribution in [2.75, 3.05) is 13.7 Å². The fraction of sp³-hybridized carbons (Fsp3) is 0.417. The number of alkyl halides is 1. The van der Waals surface area contributed by atoms with Gasteiger partial charge in [0.2, 0.25) is 0 Å². The molecule has 16 heavy (non-hydrogen) atoms. The molecule has 0 saturated carbocycles. The van der Waals surface area contributed by atoms with Crippen molar-refractivity contribution in [2.24, 2.45) is 5.73 Å². The predicted molar refractivity (Wildman–Crippen MR) is 60.5 cm³/mol. The molecule has 0 radical (unpaired) electrons. The van der Waals surface area contributed by atoms with E-state index < -0.39 is 6.17 Å². The molecule has 2 N–H and O–H groups in total. The molecule has 0 fully saturated rings. The van der Waals surface area contributed by atoms with E-state index in [-0.39, 0.29) is 18.7 Å². The zero-order valence-electron chi connectivity index (χ0n) is 9.50. The van der Waals surface area contributed by atoms with E-state index in [2.05, 4.69) is 0 Å². The third kappa shape index (κ3) is 2.58. The first kappa shape index (κ1) is 12.6. The van der Waals surface area contributed by atoms with Gasteiger partial charge in [0.05, 0.1) is 12.7 Å². The molecule has 0 aromatic heterocycles. The minimum atomic E-state index is -1.17. The predicted octanol–water partition coefficient (Wildman–Crippen LogP) is 2.26. The number of hydrogen-bond donors (Lipinski definition) is 1. The largest absolute Gasteiger partial charge is 0.496 e. The number of benzene rings is 1. The van der Waals surface area contributed by atoms with Crippen LogP contribution in [0.5, 0.6) is 5.75 Å². The second-order valence-electron chi connectivity index (χ2n) is 3.51. The number of Topliss-reactive ketones (excluding diaryl/α,β-unsaturated/α-hetero) is 1. The van der Waals surface area contributed by atoms with E-state index in [1.54, 1.807) is 18.2 Å². The summed E-state index contributed by atoms with van der Waals surface area (Å²) >= 11 is 0. The molecule has 0 bridgehead atoms. The lowest BCUT2D eigenvalue weighted by molar-refractivity contribution is 0.0982. The summed E-state index contributed by atoms with van der Waals surface area (Å²) in [6, 6.07) is 4.89. The molecule has 0 spiro atoms. The van der Waals surface area contributed by atoms with Crippen LogP contribution in [0.25, 0.3) is 0 Å². The maximum absolute atomic E-state index is 13.3. The number of ether oxygens (including phenoxy) is 1. The number of rotatable bonds is 5. The van der Waals surface area contributed by atoms with E-state index >= 15 is 0 Å². The highest BCUT2D eigenvalue weighted by Crippen LogP contribution is 2.31. The Labute approximate surface area is 94.4 Å². The third-order valence-electron chi connectivity index (χ3n) is 2.35. The summed E-state index contributed by atoms with van der Waals surface area (Å²) in [5, 5.41) is 0. The minimum Gasteiger partial charge on any atom is -0.496 e. The number of nitrogens with two attached hydrogens (primary N) is 1. The maximum atomic E-state index is 13.3. The molecule has 1 rings (SSSR count). The van der Waals surface area contributed by atoms with E-state index in [9.17, 15) is 9.18 Å². The molecule has 3 nitrogen and oxygen atoms in total. The van der Waals surface area contributed by atoms with Crippen LogP contribution in [0.3, 0.4) is 0 Å². The molecule has 0 heterocycles. The number of ketones is 1. The van der Waals surface area contributed by atoms with Gasteiger partial charge in [0.15, 0.2) is 5.78 Å². The highest BCUT2D eigenvalue weighted by Gasteiger charge is 2.17. The summed E-state index contributed by atoms with van der Waals surface area (Å²) < 4.78 is 18.4. The number of halogens is 1. The van der Waals surface area contributed by atoms with Crippen molar-refractivity contribution < 1.29 is 13.9 Å². The van der Waals surface area contributed by atoms with Crippen LogP contribution in [0.1, 0.15) is 35.4 Å². The van der Waals surface area contributed by atoms with Gasteiger partial charge in [-0.05, 0) is 19.5 Å². The van der Waals surface area contributed by atoms with Crippen LogP contribution in [-0.2, 0) is 0 Å². The van der Waals surface area contributed by atoms with Gasteiger partial charge in [-0.15, -0.1) is 0 Å². The van der Waals surface area contributed by atoms with Gasteiger partial charge >= 0.3 is 0 Å². The molecule has 1 aromatic rings. The summed E-state index contributed by atoms with van der Waals surface area (Å²) in [6.07, 6.45) is -0.930. The molecule has 1 atom stereocenters. The van der Waals surface area contributed by atoms with Crippen LogP contribution < -0.4 is 10.5 Å². The van der Waals surface area contributed by atoms with Crippen molar-refractivity contribution in [3.63, 3.8) is 0 Å². The van der Waals surface area contributed by atoms with Gasteiger partial charge in [-0.3, -0.25) is 4.79 Å². The first-order valence-corrected chi connectivity index (χ1v) is 5.16. The van der Waals surface area contributed by atoms with Crippen molar-refractivity contribution in [2.45, 2.75) is 19.5 Å². The highest BCUT2D eigenvalue weighted by atomic mass is 19.1. The molecule has 4 heteroatoms. The zero-order chi connectivity index (χ0) is 12.1. The zero-order valence-corrected chi connectivity index (χ0v) is 9.50. The fourth-order valence-electron chi connectivity index (χ4n) is 1.58. The maximum Gasteiger partial charge on any atom is 0.167 e. The van der Waals surface area contributed by atoms with E-state index in [1.165, 1.54) is 14.0 Å². The molecule has 1 aromatic carbocycles. The van der Waals surface area contributed by atoms with E-state index in [0.717, 1.165) is 0 Å². The van der Waals surface area contributed by atoms with E-state index in [4.69, 9.17) is 10.5 Å². The molecule has 0 saturated heterocycles. The van der Waals surface area contributed by atoms with Gasteiger partial charge in [0.1, 0.15) is 11.9 Å². The van der Waals surface area contributed by atoms with Crippen LogP contribution >= 0.6 is 0 Å². The molecule has 0 aliphatic heterocycles. The first-order valence-electron chi connectivity index (χ1n) is 5.16. The second-order valence-corrected chi connectivity index (χ2v) is 3.51. The number of methoxy groups -OCH3 is 1. The summed E-state index contributed by atoms with van der Waals surface area (Å²) in [4.78, 5) is 11.7. The number of hydrogen-bond acceptors (Lipinski definition) is 3. The first-order chi connectivity index (χ1) is 7.61. The molecule has 0 amide bonds. The monoisotopic (exact) mass is 225 g/mol. The second kappa shape index (κ2) is 5.61. The van der Waals surface area contributed by atoms with Crippen molar-refractivity contribution >= 4 is 5.78 Å². The molecular weight excluding hydrogens is 209 g/mol. The van der Waals surface area contributed by atoms with Gasteiger partial charge in [0.25, 0.3) is 0 Å². The van der Waals surface area contributed by atoms with Crippen LogP contribution in [-0.4, -0.2) is 19.4 Å². The Bertz CT molecular complexity index is 377. The van der Waals surface area contributed by atoms with Crippen molar-refractivity contribution in [1.82, 2.24) is 0 Å². The van der Waals surface area contributed by atoms with Gasteiger partial charge in [-0.1, -0.05) is 12.1 Å². The molecular formula is C12H16FNO2. The SMILES string of the molecule is COc1c(C(=O)CCN)cccc1C(C)F. The standard InChI is InChI=1S/C12H16FNO2/c1-8(13)9-4-3-5-10(12(9)16-2)11(15)6-7-14/h3-5,8H,6-7,14H2,1-2H3. The third-order valence-corrected chi connectivity index (χ3v) is 2.35. The number of carbonyl (C=O) groups excluding carboxylic acids is 1. The summed E-state index contributed by atoms with van der Waals surface area (Å²) in [7, 11) is 1.43. The normalized spacial score (nSPS) is 12.2. The topological polar surface area (TPSA) is 52.3 Å². The van der Waals surface area contributed by atoms with Crippen molar-refractivity contribution in [3.05, 3.63) is 29.3 Å². The fourth-order valence-corrected chi connectivity index (χ4v) is 1.58. The Morgan fingerprint density at radius 3 is 2.75 bits per heavy atom. The van der Waals surface area contributed by atoms with Gasteiger partial charge in [-0.2, -0.15) is 0 Å². The lowest BCUT2D eigenvalue weighted by Crippen LogP contribution is -2.10. The Hall–Kier alpha value is -1.42. The Morgan fingerprint density at radius 2 is 2.25 bits per heavy atom. The van der Waals surface area contributed by atoms with Crippen molar-refractivity contribution in [1.29, 1.82) is 0 Å². The van der Waals surface area contributed by atoms with E-state index in [1.807, 2.05) is 0 Å². The summed E-state index contributed by atoms with van der Waals surface area (Å²) in [6.45, 7) is 1.69.